The second-order valence-corrected chi connectivity index (χ2v) is 4.32. The fourth-order valence-corrected chi connectivity index (χ4v) is 2.05. The summed E-state index contributed by atoms with van der Waals surface area (Å²) in [5.74, 6) is -1.32. The molecule has 1 rings (SSSR count). The Labute approximate surface area is 111 Å². The summed E-state index contributed by atoms with van der Waals surface area (Å²) < 4.78 is 0. The normalized spacial score (nSPS) is 13.5. The van der Waals surface area contributed by atoms with Gasteiger partial charge < -0.3 is 5.11 Å². The van der Waals surface area contributed by atoms with Gasteiger partial charge in [-0.1, -0.05) is 48.4 Å². The van der Waals surface area contributed by atoms with E-state index in [-0.39, 0.29) is 0 Å². The molecule has 0 aliphatic rings. The number of carboxylic acid groups (broad SMARTS) is 1. The summed E-state index contributed by atoms with van der Waals surface area (Å²) in [5.41, 5.74) is 1.50. The summed E-state index contributed by atoms with van der Waals surface area (Å²) in [4.78, 5) is 11.3. The van der Waals surface area contributed by atoms with Crippen molar-refractivity contribution in [1.82, 2.24) is 0 Å². The van der Waals surface area contributed by atoms with Gasteiger partial charge in [-0.25, -0.2) is 0 Å². The van der Waals surface area contributed by atoms with Crippen molar-refractivity contribution in [2.75, 3.05) is 5.88 Å². The lowest BCUT2D eigenvalue weighted by atomic mass is 9.96. The molecule has 1 N–H and O–H groups in total. The van der Waals surface area contributed by atoms with Crippen LogP contribution in [0.1, 0.15) is 24.8 Å². The zero-order valence-electron chi connectivity index (χ0n) is 9.49. The monoisotopic (exact) mass is 272 g/mol. The molecule has 92 valence electrons. The molecule has 1 aromatic carbocycles. The smallest absolute Gasteiger partial charge is 0.314 e. The highest BCUT2D eigenvalue weighted by Gasteiger charge is 2.20. The van der Waals surface area contributed by atoms with Crippen molar-refractivity contribution in [3.63, 3.8) is 0 Å². The zero-order chi connectivity index (χ0) is 12.8. The molecular weight excluding hydrogens is 259 g/mol. The van der Waals surface area contributed by atoms with Crippen LogP contribution in [0.4, 0.5) is 0 Å². The van der Waals surface area contributed by atoms with Crippen LogP contribution in [0.25, 0.3) is 0 Å². The van der Waals surface area contributed by atoms with E-state index in [1.165, 1.54) is 0 Å². The van der Waals surface area contributed by atoms with Gasteiger partial charge in [0, 0.05) is 10.9 Å². The Balaban J connectivity index is 3.15. The fraction of sp³-hybridized carbons (Fsp3) is 0.308. The summed E-state index contributed by atoms with van der Waals surface area (Å²) in [7, 11) is 0. The number of carbonyl (C=O) groups is 1. The fourth-order valence-electron chi connectivity index (χ4n) is 1.51. The Bertz CT molecular complexity index is 421. The Morgan fingerprint density at radius 3 is 2.59 bits per heavy atom. The molecule has 0 aliphatic heterocycles. The van der Waals surface area contributed by atoms with E-state index in [0.717, 1.165) is 12.0 Å². The van der Waals surface area contributed by atoms with Gasteiger partial charge in [-0.2, -0.15) is 0 Å². The van der Waals surface area contributed by atoms with Crippen LogP contribution in [0.15, 0.2) is 35.9 Å². The minimum absolute atomic E-state index is 0.338. The van der Waals surface area contributed by atoms with E-state index in [2.05, 4.69) is 0 Å². The maximum Gasteiger partial charge on any atom is 0.314 e. The Hall–Kier alpha value is -0.990. The summed E-state index contributed by atoms with van der Waals surface area (Å²) in [6.07, 6.45) is 2.41. The molecule has 0 heterocycles. The van der Waals surface area contributed by atoms with Crippen LogP contribution in [0.2, 0.25) is 5.02 Å². The number of halogens is 2. The molecule has 2 nitrogen and oxygen atoms in total. The molecule has 0 fully saturated rings. The standard InChI is InChI=1S/C13H14Cl2O2/c1-2-9(8-14)7-11(13(16)17)10-5-3-4-6-12(10)15/h3-7,11H,2,8H2,1H3,(H,16,17)/b9-7+/t11-/m1/s1. The summed E-state index contributed by atoms with van der Waals surface area (Å²) in [6.45, 7) is 1.94. The molecule has 0 spiro atoms. The van der Waals surface area contributed by atoms with E-state index < -0.39 is 11.9 Å². The first kappa shape index (κ1) is 14.1. The highest BCUT2D eigenvalue weighted by atomic mass is 35.5. The van der Waals surface area contributed by atoms with Crippen molar-refractivity contribution in [1.29, 1.82) is 0 Å². The van der Waals surface area contributed by atoms with Gasteiger partial charge in [-0.05, 0) is 18.1 Å². The molecule has 0 aromatic heterocycles. The molecule has 0 unspecified atom stereocenters. The van der Waals surface area contributed by atoms with E-state index in [9.17, 15) is 9.90 Å². The largest absolute Gasteiger partial charge is 0.481 e. The molecule has 0 saturated heterocycles. The van der Waals surface area contributed by atoms with Gasteiger partial charge in [-0.3, -0.25) is 4.79 Å². The number of hydrogen-bond acceptors (Lipinski definition) is 1. The minimum atomic E-state index is -0.922. The van der Waals surface area contributed by atoms with Crippen molar-refractivity contribution in [3.05, 3.63) is 46.5 Å². The number of aliphatic carboxylic acids is 1. The van der Waals surface area contributed by atoms with Crippen LogP contribution in [-0.2, 0) is 4.79 Å². The molecule has 1 aromatic rings. The number of alkyl halides is 1. The van der Waals surface area contributed by atoms with Crippen molar-refractivity contribution in [3.8, 4) is 0 Å². The summed E-state index contributed by atoms with van der Waals surface area (Å²) >= 11 is 11.8. The second-order valence-electron chi connectivity index (χ2n) is 3.65. The zero-order valence-corrected chi connectivity index (χ0v) is 11.0. The Morgan fingerprint density at radius 2 is 2.12 bits per heavy atom. The topological polar surface area (TPSA) is 37.3 Å². The van der Waals surface area contributed by atoms with Crippen LogP contribution in [0.3, 0.4) is 0 Å². The van der Waals surface area contributed by atoms with Gasteiger partial charge in [0.25, 0.3) is 0 Å². The van der Waals surface area contributed by atoms with E-state index in [4.69, 9.17) is 23.2 Å². The van der Waals surface area contributed by atoms with Gasteiger partial charge >= 0.3 is 5.97 Å². The van der Waals surface area contributed by atoms with Crippen molar-refractivity contribution < 1.29 is 9.90 Å². The second kappa shape index (κ2) is 6.67. The third kappa shape index (κ3) is 3.76. The van der Waals surface area contributed by atoms with Crippen LogP contribution in [0.5, 0.6) is 0 Å². The molecule has 0 aliphatic carbocycles. The number of rotatable bonds is 5. The summed E-state index contributed by atoms with van der Waals surface area (Å²) in [5, 5.41) is 9.70. The average Bonchev–Trinajstić information content (AvgIpc) is 2.32. The summed E-state index contributed by atoms with van der Waals surface area (Å²) in [6, 6.07) is 6.96. The molecule has 0 bridgehead atoms. The molecular formula is C13H14Cl2O2. The maximum absolute atomic E-state index is 11.3. The number of benzene rings is 1. The van der Waals surface area contributed by atoms with E-state index in [0.29, 0.717) is 16.5 Å². The third-order valence-corrected chi connectivity index (χ3v) is 3.22. The van der Waals surface area contributed by atoms with Gasteiger partial charge in [-0.15, -0.1) is 11.6 Å². The van der Waals surface area contributed by atoms with Gasteiger partial charge in [0.2, 0.25) is 0 Å². The first-order valence-electron chi connectivity index (χ1n) is 5.32. The van der Waals surface area contributed by atoms with E-state index >= 15 is 0 Å². The predicted octanol–water partition coefficient (Wildman–Crippen LogP) is 4.08. The van der Waals surface area contributed by atoms with Crippen molar-refractivity contribution in [2.45, 2.75) is 19.3 Å². The maximum atomic E-state index is 11.3. The van der Waals surface area contributed by atoms with Crippen LogP contribution in [-0.4, -0.2) is 17.0 Å². The molecule has 0 saturated carbocycles. The predicted molar refractivity (Wildman–Crippen MR) is 70.9 cm³/mol. The highest BCUT2D eigenvalue weighted by Crippen LogP contribution is 2.27. The van der Waals surface area contributed by atoms with Gasteiger partial charge in [0.15, 0.2) is 0 Å². The van der Waals surface area contributed by atoms with Crippen molar-refractivity contribution in [2.24, 2.45) is 0 Å². The minimum Gasteiger partial charge on any atom is -0.481 e. The lowest BCUT2D eigenvalue weighted by Crippen LogP contribution is -2.10. The molecule has 1 atom stereocenters. The Morgan fingerprint density at radius 1 is 1.47 bits per heavy atom. The van der Waals surface area contributed by atoms with Crippen LogP contribution >= 0.6 is 23.2 Å². The van der Waals surface area contributed by atoms with Crippen LogP contribution < -0.4 is 0 Å². The van der Waals surface area contributed by atoms with Gasteiger partial charge in [0.05, 0.1) is 0 Å². The van der Waals surface area contributed by atoms with E-state index in [1.54, 1.807) is 30.3 Å². The third-order valence-electron chi connectivity index (χ3n) is 2.53. The van der Waals surface area contributed by atoms with Crippen LogP contribution in [0, 0.1) is 0 Å². The molecule has 0 radical (unpaired) electrons. The van der Waals surface area contributed by atoms with Gasteiger partial charge in [0.1, 0.15) is 5.92 Å². The highest BCUT2D eigenvalue weighted by molar-refractivity contribution is 6.31. The number of allylic oxidation sites excluding steroid dienone is 1. The number of carboxylic acids is 1. The Kier molecular flexibility index (Phi) is 5.52. The van der Waals surface area contributed by atoms with Crippen molar-refractivity contribution >= 4 is 29.2 Å². The molecule has 4 heteroatoms. The quantitative estimate of drug-likeness (QED) is 0.648. The first-order chi connectivity index (χ1) is 8.10. The lowest BCUT2D eigenvalue weighted by Gasteiger charge is -2.12. The lowest BCUT2D eigenvalue weighted by molar-refractivity contribution is -0.137. The molecule has 0 amide bonds. The first-order valence-corrected chi connectivity index (χ1v) is 6.24. The number of hydrogen-bond donors (Lipinski definition) is 1. The average molecular weight is 273 g/mol. The SMILES string of the molecule is CC/C(=C\[C@@H](C(=O)O)c1ccccc1Cl)CCl. The van der Waals surface area contributed by atoms with E-state index in [1.807, 2.05) is 6.92 Å². The molecule has 17 heavy (non-hydrogen) atoms.